The van der Waals surface area contributed by atoms with E-state index in [1.165, 1.54) is 0 Å². The van der Waals surface area contributed by atoms with Crippen molar-refractivity contribution < 1.29 is 36.6 Å². The van der Waals surface area contributed by atoms with Gasteiger partial charge in [-0.05, 0) is 42.8 Å². The van der Waals surface area contributed by atoms with Crippen molar-refractivity contribution >= 4 is 12.4 Å². The molecular weight excluding hydrogens is 402 g/mol. The molecule has 0 saturated carbocycles. The van der Waals surface area contributed by atoms with Crippen molar-refractivity contribution in [1.29, 1.82) is 0 Å². The molecule has 0 aliphatic rings. The van der Waals surface area contributed by atoms with Gasteiger partial charge >= 0.3 is 12.4 Å². The maximum Gasteiger partial charge on any atom is 0.416 e. The van der Waals surface area contributed by atoms with Crippen LogP contribution in [-0.4, -0.2) is 35.7 Å². The van der Waals surface area contributed by atoms with E-state index >= 15 is 0 Å². The molecule has 0 heterocycles. The van der Waals surface area contributed by atoms with Gasteiger partial charge in [0.1, 0.15) is 11.5 Å². The highest BCUT2D eigenvalue weighted by Crippen LogP contribution is 2.32. The van der Waals surface area contributed by atoms with E-state index in [4.69, 9.17) is 0 Å². The van der Waals surface area contributed by atoms with E-state index in [0.717, 1.165) is 48.8 Å². The first-order chi connectivity index (χ1) is 13.5. The van der Waals surface area contributed by atoms with Gasteiger partial charge in [0, 0.05) is 36.6 Å². The van der Waals surface area contributed by atoms with Crippen molar-refractivity contribution in [3.63, 3.8) is 0 Å². The van der Waals surface area contributed by atoms with Crippen molar-refractivity contribution in [2.45, 2.75) is 18.8 Å². The summed E-state index contributed by atoms with van der Waals surface area (Å²) in [6, 6.07) is 4.90. The van der Waals surface area contributed by atoms with Gasteiger partial charge in [-0.1, -0.05) is 0 Å². The molecule has 0 saturated heterocycles. The molecule has 0 amide bonds. The van der Waals surface area contributed by atoms with Crippen molar-refractivity contribution in [3.8, 4) is 11.5 Å². The molecule has 10 heteroatoms. The van der Waals surface area contributed by atoms with Crippen molar-refractivity contribution in [2.24, 2.45) is 9.98 Å². The molecule has 0 unspecified atom stereocenters. The Kier molecular flexibility index (Phi) is 6.89. The summed E-state index contributed by atoms with van der Waals surface area (Å²) in [6.07, 6.45) is -6.52. The first kappa shape index (κ1) is 22.3. The molecule has 0 aliphatic heterocycles. The Morgan fingerprint density at radius 3 is 1.41 bits per heavy atom. The number of alkyl halides is 6. The summed E-state index contributed by atoms with van der Waals surface area (Å²) in [7, 11) is 0. The Morgan fingerprint density at radius 2 is 1.07 bits per heavy atom. The van der Waals surface area contributed by atoms with Gasteiger partial charge in [0.15, 0.2) is 0 Å². The van der Waals surface area contributed by atoms with Crippen LogP contribution in [0.25, 0.3) is 0 Å². The summed E-state index contributed by atoms with van der Waals surface area (Å²) < 4.78 is 76.0. The van der Waals surface area contributed by atoms with Gasteiger partial charge in [0.05, 0.1) is 11.1 Å². The highest BCUT2D eigenvalue weighted by Gasteiger charge is 2.31. The summed E-state index contributed by atoms with van der Waals surface area (Å²) in [5, 5.41) is 19.2. The zero-order chi connectivity index (χ0) is 21.7. The molecule has 0 aromatic heterocycles. The van der Waals surface area contributed by atoms with Gasteiger partial charge in [0.25, 0.3) is 0 Å². The summed E-state index contributed by atoms with van der Waals surface area (Å²) in [5.74, 6) is -0.695. The number of phenolic OH excluding ortho intramolecular Hbond substituents is 2. The van der Waals surface area contributed by atoms with Gasteiger partial charge in [-0.25, -0.2) is 0 Å². The Balaban J connectivity index is 1.91. The van der Waals surface area contributed by atoms with E-state index in [-0.39, 0.29) is 35.7 Å². The van der Waals surface area contributed by atoms with Crippen LogP contribution in [0.3, 0.4) is 0 Å². The normalized spacial score (nSPS) is 12.9. The highest BCUT2D eigenvalue weighted by atomic mass is 19.4. The van der Waals surface area contributed by atoms with Gasteiger partial charge in [-0.2, -0.15) is 26.3 Å². The van der Waals surface area contributed by atoms with Crippen molar-refractivity contribution in [2.75, 3.05) is 13.1 Å². The van der Waals surface area contributed by atoms with Crippen LogP contribution in [0.1, 0.15) is 28.7 Å². The minimum absolute atomic E-state index is 0.0859. The fraction of sp³-hybridized carbons (Fsp3) is 0.263. The Labute approximate surface area is 161 Å². The smallest absolute Gasteiger partial charge is 0.416 e. The first-order valence-corrected chi connectivity index (χ1v) is 8.28. The number of nitrogens with zero attached hydrogens (tertiary/aromatic N) is 2. The molecule has 2 N–H and O–H groups in total. The molecule has 0 radical (unpaired) electrons. The van der Waals surface area contributed by atoms with Crippen LogP contribution >= 0.6 is 0 Å². The van der Waals surface area contributed by atoms with Crippen LogP contribution in [0.4, 0.5) is 26.3 Å². The molecular formula is C19H16F6N2O2. The lowest BCUT2D eigenvalue weighted by Crippen LogP contribution is -2.05. The molecule has 0 fully saturated rings. The predicted molar refractivity (Wildman–Crippen MR) is 95.8 cm³/mol. The standard InChI is InChI=1S/C19H16F6N2O2/c20-18(21,22)14-2-4-16(28)12(8-14)10-26-6-1-7-27-11-13-9-15(19(23,24)25)3-5-17(13)29/h2-5,8-11,28-29H,1,6-7H2. The average Bonchev–Trinajstić information content (AvgIpc) is 2.61. The number of rotatable bonds is 6. The lowest BCUT2D eigenvalue weighted by Gasteiger charge is -2.08. The lowest BCUT2D eigenvalue weighted by molar-refractivity contribution is -0.138. The number of halogens is 6. The van der Waals surface area contributed by atoms with Crippen molar-refractivity contribution in [3.05, 3.63) is 58.7 Å². The number of phenols is 2. The third-order valence-electron chi connectivity index (χ3n) is 3.74. The topological polar surface area (TPSA) is 65.2 Å². The van der Waals surface area contributed by atoms with Gasteiger partial charge < -0.3 is 10.2 Å². The van der Waals surface area contributed by atoms with Crippen LogP contribution in [0.2, 0.25) is 0 Å². The van der Waals surface area contributed by atoms with Crippen molar-refractivity contribution in [1.82, 2.24) is 0 Å². The molecule has 2 aromatic rings. The molecule has 4 nitrogen and oxygen atoms in total. The summed E-state index contributed by atoms with van der Waals surface area (Å²) >= 11 is 0. The fourth-order valence-corrected chi connectivity index (χ4v) is 2.25. The average molecular weight is 418 g/mol. The highest BCUT2D eigenvalue weighted by molar-refractivity contribution is 5.84. The third kappa shape index (κ3) is 6.51. The number of aromatic hydroxyl groups is 2. The molecule has 2 rings (SSSR count). The molecule has 0 atom stereocenters. The minimum atomic E-state index is -4.54. The summed E-state index contributed by atoms with van der Waals surface area (Å²) in [4.78, 5) is 7.82. The number of aliphatic imine (C=N–C) groups is 2. The quantitative estimate of drug-likeness (QED) is 0.391. The van der Waals surface area contributed by atoms with E-state index in [2.05, 4.69) is 9.98 Å². The second-order valence-corrected chi connectivity index (χ2v) is 5.97. The Bertz CT molecular complexity index is 831. The Morgan fingerprint density at radius 1 is 0.690 bits per heavy atom. The fourth-order valence-electron chi connectivity index (χ4n) is 2.25. The van der Waals surface area contributed by atoms with Gasteiger partial charge in [-0.15, -0.1) is 0 Å². The maximum absolute atomic E-state index is 12.7. The van der Waals surface area contributed by atoms with E-state index in [1.807, 2.05) is 0 Å². The van der Waals surface area contributed by atoms with Gasteiger partial charge in [-0.3, -0.25) is 9.98 Å². The monoisotopic (exact) mass is 418 g/mol. The van der Waals surface area contributed by atoms with Gasteiger partial charge in [0.2, 0.25) is 0 Å². The minimum Gasteiger partial charge on any atom is -0.507 e. The first-order valence-electron chi connectivity index (χ1n) is 8.28. The molecule has 0 spiro atoms. The third-order valence-corrected chi connectivity index (χ3v) is 3.74. The van der Waals surface area contributed by atoms with E-state index in [1.54, 1.807) is 0 Å². The summed E-state index contributed by atoms with van der Waals surface area (Å²) in [5.41, 5.74) is -2.00. The molecule has 29 heavy (non-hydrogen) atoms. The van der Waals surface area contributed by atoms with Crippen LogP contribution in [0.15, 0.2) is 46.4 Å². The number of benzene rings is 2. The summed E-state index contributed by atoms with van der Waals surface area (Å²) in [6.45, 7) is 0.337. The van der Waals surface area contributed by atoms with E-state index in [0.29, 0.717) is 6.42 Å². The zero-order valence-electron chi connectivity index (χ0n) is 14.8. The molecule has 0 bridgehead atoms. The maximum atomic E-state index is 12.7. The molecule has 156 valence electrons. The molecule has 2 aromatic carbocycles. The lowest BCUT2D eigenvalue weighted by atomic mass is 10.1. The molecule has 0 aliphatic carbocycles. The second-order valence-electron chi connectivity index (χ2n) is 5.97. The second kappa shape index (κ2) is 8.97. The van der Waals surface area contributed by atoms with Crippen LogP contribution in [0.5, 0.6) is 11.5 Å². The number of hydrogen-bond donors (Lipinski definition) is 2. The Hall–Kier alpha value is -3.04. The van der Waals surface area contributed by atoms with Crippen LogP contribution < -0.4 is 0 Å². The largest absolute Gasteiger partial charge is 0.507 e. The predicted octanol–water partition coefficient (Wildman–Crippen LogP) is 5.06. The number of hydrogen-bond acceptors (Lipinski definition) is 4. The van der Waals surface area contributed by atoms with E-state index < -0.39 is 23.5 Å². The van der Waals surface area contributed by atoms with Crippen LogP contribution in [0, 0.1) is 0 Å². The van der Waals surface area contributed by atoms with E-state index in [9.17, 15) is 36.6 Å². The zero-order valence-corrected chi connectivity index (χ0v) is 14.8. The van der Waals surface area contributed by atoms with Crippen LogP contribution in [-0.2, 0) is 12.4 Å². The SMILES string of the molecule is Oc1ccc(C(F)(F)F)cc1C=NCCCN=Cc1cc(C(F)(F)F)ccc1O.